The Kier molecular flexibility index (Phi) is 3.12. The van der Waals surface area contributed by atoms with Crippen LogP contribution in [0.15, 0.2) is 40.9 Å². The number of hydrogen-bond donors (Lipinski definition) is 1. The molecule has 0 amide bonds. The molecule has 0 aliphatic carbocycles. The SMILES string of the molecule is O=Cc1ccc2c(c1)c1cc(Br)ccc1n2CCO. The van der Waals surface area contributed by atoms with Crippen LogP contribution in [0.1, 0.15) is 10.4 Å². The molecule has 0 saturated heterocycles. The number of carbonyl (C=O) groups is 1. The molecular formula is C15H12BrNO2. The highest BCUT2D eigenvalue weighted by atomic mass is 79.9. The molecule has 19 heavy (non-hydrogen) atoms. The Hall–Kier alpha value is -1.65. The highest BCUT2D eigenvalue weighted by Crippen LogP contribution is 2.31. The van der Waals surface area contributed by atoms with E-state index in [9.17, 15) is 9.90 Å². The molecular weight excluding hydrogens is 306 g/mol. The van der Waals surface area contributed by atoms with Gasteiger partial charge in [0.25, 0.3) is 0 Å². The average Bonchev–Trinajstić information content (AvgIpc) is 2.73. The summed E-state index contributed by atoms with van der Waals surface area (Å²) in [6.45, 7) is 0.631. The minimum Gasteiger partial charge on any atom is -0.395 e. The lowest BCUT2D eigenvalue weighted by atomic mass is 10.1. The van der Waals surface area contributed by atoms with E-state index >= 15 is 0 Å². The summed E-state index contributed by atoms with van der Waals surface area (Å²) in [6.07, 6.45) is 0.854. The van der Waals surface area contributed by atoms with Gasteiger partial charge in [-0.2, -0.15) is 0 Å². The lowest BCUT2D eigenvalue weighted by Crippen LogP contribution is -2.01. The first-order valence-electron chi connectivity index (χ1n) is 6.02. The van der Waals surface area contributed by atoms with Crippen LogP contribution in [0.2, 0.25) is 0 Å². The quantitative estimate of drug-likeness (QED) is 0.753. The van der Waals surface area contributed by atoms with Gasteiger partial charge < -0.3 is 9.67 Å². The molecule has 0 aliphatic rings. The van der Waals surface area contributed by atoms with Crippen LogP contribution < -0.4 is 0 Å². The van der Waals surface area contributed by atoms with Crippen molar-refractivity contribution in [2.75, 3.05) is 6.61 Å². The summed E-state index contributed by atoms with van der Waals surface area (Å²) in [6, 6.07) is 11.7. The molecule has 1 heterocycles. The minimum absolute atomic E-state index is 0.0877. The highest BCUT2D eigenvalue weighted by molar-refractivity contribution is 9.10. The van der Waals surface area contributed by atoms with E-state index in [1.54, 1.807) is 6.07 Å². The van der Waals surface area contributed by atoms with E-state index in [1.807, 2.05) is 30.3 Å². The van der Waals surface area contributed by atoms with E-state index in [-0.39, 0.29) is 6.61 Å². The third-order valence-corrected chi connectivity index (χ3v) is 3.80. The van der Waals surface area contributed by atoms with Crippen LogP contribution in [0.4, 0.5) is 0 Å². The molecule has 3 aromatic rings. The number of aromatic nitrogens is 1. The van der Waals surface area contributed by atoms with Gasteiger partial charge in [-0.15, -0.1) is 0 Å². The topological polar surface area (TPSA) is 42.2 Å². The zero-order valence-corrected chi connectivity index (χ0v) is 11.7. The third-order valence-electron chi connectivity index (χ3n) is 3.31. The smallest absolute Gasteiger partial charge is 0.150 e. The van der Waals surface area contributed by atoms with E-state index in [1.165, 1.54) is 0 Å². The van der Waals surface area contributed by atoms with Crippen LogP contribution in [0.5, 0.6) is 0 Å². The zero-order chi connectivity index (χ0) is 13.4. The second-order valence-corrected chi connectivity index (χ2v) is 5.35. The molecule has 1 N–H and O–H groups in total. The van der Waals surface area contributed by atoms with Gasteiger partial charge in [0.1, 0.15) is 6.29 Å². The second kappa shape index (κ2) is 4.79. The van der Waals surface area contributed by atoms with Crippen molar-refractivity contribution in [3.8, 4) is 0 Å². The van der Waals surface area contributed by atoms with E-state index in [0.717, 1.165) is 32.6 Å². The van der Waals surface area contributed by atoms with Gasteiger partial charge in [0.2, 0.25) is 0 Å². The van der Waals surface area contributed by atoms with Gasteiger partial charge in [-0.25, -0.2) is 0 Å². The fourth-order valence-electron chi connectivity index (χ4n) is 2.51. The Balaban J connectivity index is 2.46. The van der Waals surface area contributed by atoms with E-state index in [4.69, 9.17) is 0 Å². The van der Waals surface area contributed by atoms with E-state index in [2.05, 4.69) is 20.5 Å². The highest BCUT2D eigenvalue weighted by Gasteiger charge is 2.11. The molecule has 0 unspecified atom stereocenters. The fourth-order valence-corrected chi connectivity index (χ4v) is 2.87. The number of fused-ring (bicyclic) bond motifs is 3. The Bertz CT molecular complexity index is 777. The summed E-state index contributed by atoms with van der Waals surface area (Å²) in [5.41, 5.74) is 2.76. The van der Waals surface area contributed by atoms with Crippen LogP contribution >= 0.6 is 15.9 Å². The first-order chi connectivity index (χ1) is 9.24. The summed E-state index contributed by atoms with van der Waals surface area (Å²) in [5, 5.41) is 11.3. The molecule has 3 nitrogen and oxygen atoms in total. The van der Waals surface area contributed by atoms with Crippen molar-refractivity contribution >= 4 is 44.0 Å². The first-order valence-corrected chi connectivity index (χ1v) is 6.81. The largest absolute Gasteiger partial charge is 0.395 e. The van der Waals surface area contributed by atoms with Gasteiger partial charge in [-0.1, -0.05) is 15.9 Å². The number of nitrogens with zero attached hydrogens (tertiary/aromatic N) is 1. The van der Waals surface area contributed by atoms with Crippen molar-refractivity contribution in [2.24, 2.45) is 0 Å². The van der Waals surface area contributed by atoms with Gasteiger partial charge >= 0.3 is 0 Å². The number of aldehydes is 1. The van der Waals surface area contributed by atoms with Crippen LogP contribution in [-0.4, -0.2) is 22.6 Å². The normalized spacial score (nSPS) is 11.3. The molecule has 0 saturated carbocycles. The van der Waals surface area contributed by atoms with Crippen LogP contribution in [-0.2, 0) is 6.54 Å². The van der Waals surface area contributed by atoms with Gasteiger partial charge in [0, 0.05) is 38.4 Å². The second-order valence-electron chi connectivity index (χ2n) is 4.43. The molecule has 1 aromatic heterocycles. The molecule has 0 fully saturated rings. The molecule has 0 spiro atoms. The van der Waals surface area contributed by atoms with Gasteiger partial charge in [0.15, 0.2) is 0 Å². The fraction of sp³-hybridized carbons (Fsp3) is 0.133. The molecule has 2 aromatic carbocycles. The molecule has 3 rings (SSSR count). The molecule has 0 radical (unpaired) electrons. The van der Waals surface area contributed by atoms with Crippen molar-refractivity contribution in [1.29, 1.82) is 0 Å². The maximum Gasteiger partial charge on any atom is 0.150 e. The Morgan fingerprint density at radius 2 is 1.79 bits per heavy atom. The standard InChI is InChI=1S/C15H12BrNO2/c16-11-2-4-15-13(8-11)12-7-10(9-19)1-3-14(12)17(15)5-6-18/h1-4,7-9,18H,5-6H2. The number of carbonyl (C=O) groups excluding carboxylic acids is 1. The summed E-state index contributed by atoms with van der Waals surface area (Å²) in [7, 11) is 0. The maximum atomic E-state index is 10.9. The van der Waals surface area contributed by atoms with Crippen molar-refractivity contribution in [2.45, 2.75) is 6.54 Å². The predicted octanol–water partition coefficient (Wildman–Crippen LogP) is 3.36. The van der Waals surface area contributed by atoms with E-state index in [0.29, 0.717) is 12.1 Å². The molecule has 0 bridgehead atoms. The first kappa shape index (κ1) is 12.4. The number of benzene rings is 2. The van der Waals surface area contributed by atoms with Crippen molar-refractivity contribution in [1.82, 2.24) is 4.57 Å². The summed E-state index contributed by atoms with van der Waals surface area (Å²) < 4.78 is 3.07. The number of halogens is 1. The lowest BCUT2D eigenvalue weighted by molar-refractivity contribution is 0.112. The monoisotopic (exact) mass is 317 g/mol. The van der Waals surface area contributed by atoms with Crippen LogP contribution in [0.3, 0.4) is 0 Å². The summed E-state index contributed by atoms with van der Waals surface area (Å²) in [5.74, 6) is 0. The van der Waals surface area contributed by atoms with Gasteiger partial charge in [-0.3, -0.25) is 4.79 Å². The van der Waals surface area contributed by atoms with Crippen molar-refractivity contribution in [3.05, 3.63) is 46.4 Å². The molecule has 0 atom stereocenters. The number of aliphatic hydroxyl groups excluding tert-OH is 1. The summed E-state index contributed by atoms with van der Waals surface area (Å²) >= 11 is 3.47. The Morgan fingerprint density at radius 1 is 1.11 bits per heavy atom. The van der Waals surface area contributed by atoms with Gasteiger partial charge in [-0.05, 0) is 36.4 Å². The predicted molar refractivity (Wildman–Crippen MR) is 79.6 cm³/mol. The Morgan fingerprint density at radius 3 is 2.47 bits per heavy atom. The molecule has 0 aliphatic heterocycles. The lowest BCUT2D eigenvalue weighted by Gasteiger charge is -2.04. The van der Waals surface area contributed by atoms with Gasteiger partial charge in [0.05, 0.1) is 6.61 Å². The van der Waals surface area contributed by atoms with Crippen molar-refractivity contribution < 1.29 is 9.90 Å². The molecule has 96 valence electrons. The Labute approximate surface area is 118 Å². The molecule has 4 heteroatoms. The minimum atomic E-state index is 0.0877. The van der Waals surface area contributed by atoms with Crippen molar-refractivity contribution in [3.63, 3.8) is 0 Å². The average molecular weight is 318 g/mol. The van der Waals surface area contributed by atoms with Crippen LogP contribution in [0.25, 0.3) is 21.8 Å². The maximum absolute atomic E-state index is 10.9. The van der Waals surface area contributed by atoms with E-state index < -0.39 is 0 Å². The number of aliphatic hydroxyl groups is 1. The summed E-state index contributed by atoms with van der Waals surface area (Å²) in [4.78, 5) is 10.9. The zero-order valence-electron chi connectivity index (χ0n) is 10.1. The third kappa shape index (κ3) is 1.97. The van der Waals surface area contributed by atoms with Crippen LogP contribution in [0, 0.1) is 0 Å². The number of rotatable bonds is 3. The number of hydrogen-bond acceptors (Lipinski definition) is 2.